The summed E-state index contributed by atoms with van der Waals surface area (Å²) in [6, 6.07) is 3.14. The number of aromatic amines is 1. The van der Waals surface area contributed by atoms with Gasteiger partial charge in [-0.2, -0.15) is 4.68 Å². The van der Waals surface area contributed by atoms with Gasteiger partial charge in [0.1, 0.15) is 5.69 Å². The van der Waals surface area contributed by atoms with E-state index >= 15 is 0 Å². The maximum Gasteiger partial charge on any atom is 0.274 e. The van der Waals surface area contributed by atoms with E-state index in [1.54, 1.807) is 0 Å². The van der Waals surface area contributed by atoms with Crippen LogP contribution in [0.3, 0.4) is 0 Å². The summed E-state index contributed by atoms with van der Waals surface area (Å²) in [5.74, 6) is 0.557. The van der Waals surface area contributed by atoms with Crippen molar-refractivity contribution in [2.45, 2.75) is 52.4 Å². The van der Waals surface area contributed by atoms with Crippen LogP contribution in [0.1, 0.15) is 60.4 Å². The van der Waals surface area contributed by atoms with E-state index in [9.17, 15) is 9.59 Å². The standard InChI is InChI=1S/C19H25N5O2/c1-12-8-13(2)22-18(21-12)24-16(25)9-15(23-24)17(26)20-11-14-4-3-5-19(10-14)6-7-19/h8-9,14,23H,3-7,10-11H2,1-2H3,(H,20,26). The van der Waals surface area contributed by atoms with E-state index in [0.717, 1.165) is 11.4 Å². The summed E-state index contributed by atoms with van der Waals surface area (Å²) in [5.41, 5.74) is 2.04. The van der Waals surface area contributed by atoms with Crippen molar-refractivity contribution in [1.29, 1.82) is 0 Å². The van der Waals surface area contributed by atoms with Gasteiger partial charge in [-0.3, -0.25) is 14.7 Å². The largest absolute Gasteiger partial charge is 0.350 e. The van der Waals surface area contributed by atoms with Gasteiger partial charge in [0, 0.05) is 24.0 Å². The highest BCUT2D eigenvalue weighted by Crippen LogP contribution is 2.57. The Balaban J connectivity index is 1.44. The number of nitrogens with zero attached hydrogens (tertiary/aromatic N) is 3. The Morgan fingerprint density at radius 2 is 2.00 bits per heavy atom. The molecule has 0 bridgehead atoms. The Bertz CT molecular complexity index is 873. The van der Waals surface area contributed by atoms with Gasteiger partial charge >= 0.3 is 0 Å². The molecule has 7 heteroatoms. The van der Waals surface area contributed by atoms with Crippen molar-refractivity contribution in [3.05, 3.63) is 39.6 Å². The molecule has 0 radical (unpaired) electrons. The Labute approximate surface area is 152 Å². The Morgan fingerprint density at radius 3 is 2.69 bits per heavy atom. The van der Waals surface area contributed by atoms with Gasteiger partial charge in [0.2, 0.25) is 0 Å². The molecule has 1 amide bonds. The van der Waals surface area contributed by atoms with Crippen LogP contribution in [0.4, 0.5) is 0 Å². The summed E-state index contributed by atoms with van der Waals surface area (Å²) in [5, 5.41) is 5.82. The number of carbonyl (C=O) groups is 1. The first-order valence-corrected chi connectivity index (χ1v) is 9.37. The summed E-state index contributed by atoms with van der Waals surface area (Å²) in [6.45, 7) is 4.36. The van der Waals surface area contributed by atoms with Gasteiger partial charge in [0.05, 0.1) is 0 Å². The lowest BCUT2D eigenvalue weighted by molar-refractivity contribution is 0.0933. The first-order chi connectivity index (χ1) is 12.4. The summed E-state index contributed by atoms with van der Waals surface area (Å²) in [6.07, 6.45) is 7.71. The van der Waals surface area contributed by atoms with Gasteiger partial charge in [0.15, 0.2) is 0 Å². The molecule has 1 spiro atoms. The maximum absolute atomic E-state index is 12.5. The molecule has 0 saturated heterocycles. The summed E-state index contributed by atoms with van der Waals surface area (Å²) >= 11 is 0. The number of aromatic nitrogens is 4. The average Bonchev–Trinajstić information content (AvgIpc) is 3.20. The highest BCUT2D eigenvalue weighted by atomic mass is 16.2. The van der Waals surface area contributed by atoms with Crippen molar-refractivity contribution in [1.82, 2.24) is 25.1 Å². The first-order valence-electron chi connectivity index (χ1n) is 9.37. The minimum atomic E-state index is -0.338. The molecular formula is C19H25N5O2. The fourth-order valence-electron chi connectivity index (χ4n) is 4.19. The lowest BCUT2D eigenvalue weighted by atomic mass is 9.79. The monoisotopic (exact) mass is 355 g/mol. The van der Waals surface area contributed by atoms with E-state index < -0.39 is 0 Å². The van der Waals surface area contributed by atoms with Crippen LogP contribution in [0, 0.1) is 25.2 Å². The van der Waals surface area contributed by atoms with Crippen molar-refractivity contribution < 1.29 is 4.79 Å². The second-order valence-electron chi connectivity index (χ2n) is 7.97. The van der Waals surface area contributed by atoms with Crippen molar-refractivity contribution in [2.24, 2.45) is 11.3 Å². The zero-order valence-corrected chi connectivity index (χ0v) is 15.3. The number of amides is 1. The molecule has 1 atom stereocenters. The number of hydrogen-bond donors (Lipinski definition) is 2. The van der Waals surface area contributed by atoms with Crippen LogP contribution in [-0.2, 0) is 0 Å². The fourth-order valence-corrected chi connectivity index (χ4v) is 4.19. The van der Waals surface area contributed by atoms with Gasteiger partial charge in [-0.25, -0.2) is 9.97 Å². The van der Waals surface area contributed by atoms with E-state index in [1.807, 2.05) is 19.9 Å². The second-order valence-corrected chi connectivity index (χ2v) is 7.97. The van der Waals surface area contributed by atoms with Crippen LogP contribution in [0.5, 0.6) is 0 Å². The number of H-pyrrole nitrogens is 1. The fraction of sp³-hybridized carbons (Fsp3) is 0.579. The lowest BCUT2D eigenvalue weighted by Crippen LogP contribution is -2.32. The topological polar surface area (TPSA) is 92.7 Å². The second kappa shape index (κ2) is 6.37. The average molecular weight is 355 g/mol. The highest BCUT2D eigenvalue weighted by molar-refractivity contribution is 5.92. The SMILES string of the molecule is Cc1cc(C)nc(-n2[nH]c(C(=O)NCC3CCCC4(CC4)C3)cc2=O)n1. The minimum absolute atomic E-state index is 0.245. The van der Waals surface area contributed by atoms with Crippen LogP contribution in [0.25, 0.3) is 5.95 Å². The summed E-state index contributed by atoms with van der Waals surface area (Å²) in [7, 11) is 0. The molecule has 2 aromatic heterocycles. The molecule has 26 heavy (non-hydrogen) atoms. The van der Waals surface area contributed by atoms with Crippen LogP contribution >= 0.6 is 0 Å². The minimum Gasteiger partial charge on any atom is -0.350 e. The number of rotatable bonds is 4. The quantitative estimate of drug-likeness (QED) is 0.880. The highest BCUT2D eigenvalue weighted by Gasteiger charge is 2.45. The van der Waals surface area contributed by atoms with Gasteiger partial charge in [0.25, 0.3) is 17.4 Å². The molecule has 138 valence electrons. The van der Waals surface area contributed by atoms with Crippen molar-refractivity contribution in [3.63, 3.8) is 0 Å². The van der Waals surface area contributed by atoms with E-state index in [-0.39, 0.29) is 23.1 Å². The van der Waals surface area contributed by atoms with Crippen LogP contribution in [0.15, 0.2) is 16.9 Å². The van der Waals surface area contributed by atoms with Gasteiger partial charge < -0.3 is 5.32 Å². The Morgan fingerprint density at radius 1 is 1.27 bits per heavy atom. The molecule has 7 nitrogen and oxygen atoms in total. The number of hydrogen-bond acceptors (Lipinski definition) is 4. The van der Waals surface area contributed by atoms with E-state index in [0.29, 0.717) is 17.9 Å². The predicted molar refractivity (Wildman–Crippen MR) is 97.4 cm³/mol. The first kappa shape index (κ1) is 17.0. The molecule has 2 N–H and O–H groups in total. The Hall–Kier alpha value is -2.44. The Kier molecular flexibility index (Phi) is 4.17. The van der Waals surface area contributed by atoms with E-state index in [2.05, 4.69) is 20.4 Å². The third-order valence-electron chi connectivity index (χ3n) is 5.69. The molecular weight excluding hydrogens is 330 g/mol. The zero-order valence-electron chi connectivity index (χ0n) is 15.3. The summed E-state index contributed by atoms with van der Waals surface area (Å²) < 4.78 is 1.22. The third kappa shape index (κ3) is 3.43. The van der Waals surface area contributed by atoms with Gasteiger partial charge in [-0.05, 0) is 63.4 Å². The normalized spacial score (nSPS) is 20.9. The molecule has 2 fully saturated rings. The lowest BCUT2D eigenvalue weighted by Gasteiger charge is -2.29. The molecule has 2 heterocycles. The smallest absolute Gasteiger partial charge is 0.274 e. The maximum atomic E-state index is 12.5. The molecule has 4 rings (SSSR count). The molecule has 1 unspecified atom stereocenters. The van der Waals surface area contributed by atoms with Crippen LogP contribution in [0.2, 0.25) is 0 Å². The number of aryl methyl sites for hydroxylation is 2. The summed E-state index contributed by atoms with van der Waals surface area (Å²) in [4.78, 5) is 33.2. The molecule has 2 aliphatic rings. The van der Waals surface area contributed by atoms with Crippen molar-refractivity contribution >= 4 is 5.91 Å². The van der Waals surface area contributed by atoms with E-state index in [4.69, 9.17) is 0 Å². The van der Waals surface area contributed by atoms with Crippen LogP contribution < -0.4 is 10.9 Å². The third-order valence-corrected chi connectivity index (χ3v) is 5.69. The van der Waals surface area contributed by atoms with Gasteiger partial charge in [-0.1, -0.05) is 6.42 Å². The molecule has 2 aromatic rings. The molecule has 2 saturated carbocycles. The van der Waals surface area contributed by atoms with E-state index in [1.165, 1.54) is 49.3 Å². The van der Waals surface area contributed by atoms with Gasteiger partial charge in [-0.15, -0.1) is 0 Å². The van der Waals surface area contributed by atoms with Crippen molar-refractivity contribution in [2.75, 3.05) is 6.54 Å². The molecule has 0 aliphatic heterocycles. The zero-order chi connectivity index (χ0) is 18.3. The number of carbonyl (C=O) groups excluding carboxylic acids is 1. The van der Waals surface area contributed by atoms with Crippen molar-refractivity contribution in [3.8, 4) is 5.95 Å². The molecule has 0 aromatic carbocycles. The molecule has 2 aliphatic carbocycles. The van der Waals surface area contributed by atoms with Crippen LogP contribution in [-0.4, -0.2) is 32.2 Å². The predicted octanol–water partition coefficient (Wildman–Crippen LogP) is 2.27. The number of nitrogens with one attached hydrogen (secondary N) is 2.